The lowest BCUT2D eigenvalue weighted by molar-refractivity contribution is -0.116. The van der Waals surface area contributed by atoms with E-state index in [4.69, 9.17) is 23.5 Å². The molecule has 0 spiro atoms. The van der Waals surface area contributed by atoms with Gasteiger partial charge >= 0.3 is 0 Å². The number of methoxy groups -OCH3 is 4. The Hall–Kier alpha value is -3.94. The smallest absolute Gasteiger partial charge is 0.233 e. The number of ether oxygens (including phenoxy) is 4. The van der Waals surface area contributed by atoms with Gasteiger partial charge in [-0.25, -0.2) is 0 Å². The second-order valence-electron chi connectivity index (χ2n) is 8.71. The number of fused-ring (bicyclic) bond motifs is 1. The molecular weight excluding hydrogens is 448 g/mol. The van der Waals surface area contributed by atoms with Crippen LogP contribution in [0.4, 0.5) is 5.88 Å². The van der Waals surface area contributed by atoms with Gasteiger partial charge in [-0.1, -0.05) is 11.2 Å². The molecule has 2 aromatic carbocycles. The predicted molar refractivity (Wildman–Crippen MR) is 130 cm³/mol. The zero-order valence-corrected chi connectivity index (χ0v) is 20.4. The number of hydrogen-bond acceptors (Lipinski definition) is 8. The molecule has 0 saturated carbocycles. The van der Waals surface area contributed by atoms with Crippen LogP contribution in [0.15, 0.2) is 52.2 Å². The topological polar surface area (TPSA) is 92.0 Å². The van der Waals surface area contributed by atoms with E-state index in [1.807, 2.05) is 43.3 Å². The van der Waals surface area contributed by atoms with E-state index < -0.39 is 0 Å². The van der Waals surface area contributed by atoms with E-state index in [0.29, 0.717) is 47.3 Å². The summed E-state index contributed by atoms with van der Waals surface area (Å²) in [4.78, 5) is 13.8. The summed E-state index contributed by atoms with van der Waals surface area (Å²) < 4.78 is 27.7. The van der Waals surface area contributed by atoms with Crippen molar-refractivity contribution < 1.29 is 28.3 Å². The predicted octanol–water partition coefficient (Wildman–Crippen LogP) is 4.98. The highest BCUT2D eigenvalue weighted by atomic mass is 16.5. The number of nitrogens with one attached hydrogen (secondary N) is 1. The molecule has 1 aliphatic carbocycles. The van der Waals surface area contributed by atoms with Crippen molar-refractivity contribution in [2.75, 3.05) is 33.8 Å². The second kappa shape index (κ2) is 9.02. The molecule has 0 unspecified atom stereocenters. The molecule has 3 aromatic rings. The molecule has 8 heteroatoms. The highest BCUT2D eigenvalue weighted by Gasteiger charge is 2.42. The van der Waals surface area contributed by atoms with Crippen LogP contribution < -0.4 is 24.3 Å². The van der Waals surface area contributed by atoms with Crippen LogP contribution in [0.3, 0.4) is 0 Å². The van der Waals surface area contributed by atoms with Gasteiger partial charge in [0.25, 0.3) is 0 Å². The molecule has 2 heterocycles. The van der Waals surface area contributed by atoms with Crippen LogP contribution in [-0.2, 0) is 4.79 Å². The Balaban J connectivity index is 1.62. The van der Waals surface area contributed by atoms with Crippen molar-refractivity contribution in [3.05, 3.63) is 70.1 Å². The number of ketones is 1. The van der Waals surface area contributed by atoms with Crippen molar-refractivity contribution in [3.63, 3.8) is 0 Å². The Kier molecular flexibility index (Phi) is 5.88. The number of aryl methyl sites for hydroxylation is 1. The van der Waals surface area contributed by atoms with Crippen LogP contribution in [0.25, 0.3) is 0 Å². The quantitative estimate of drug-likeness (QED) is 0.533. The maximum absolute atomic E-state index is 13.8. The monoisotopic (exact) mass is 476 g/mol. The zero-order chi connectivity index (χ0) is 24.7. The summed E-state index contributed by atoms with van der Waals surface area (Å²) in [7, 11) is 6.46. The van der Waals surface area contributed by atoms with Gasteiger partial charge in [0.05, 0.1) is 45.6 Å². The number of carbonyl (C=O) groups excluding carboxylic acids is 1. The number of aromatic nitrogens is 1. The van der Waals surface area contributed by atoms with Crippen LogP contribution in [-0.4, -0.2) is 39.4 Å². The van der Waals surface area contributed by atoms with Crippen molar-refractivity contribution in [1.29, 1.82) is 0 Å². The third-order valence-corrected chi connectivity index (χ3v) is 6.88. The first-order valence-corrected chi connectivity index (χ1v) is 11.4. The largest absolute Gasteiger partial charge is 0.497 e. The van der Waals surface area contributed by atoms with Gasteiger partial charge in [0.1, 0.15) is 11.5 Å². The van der Waals surface area contributed by atoms with Crippen molar-refractivity contribution in [2.24, 2.45) is 0 Å². The molecule has 2 aliphatic rings. The number of rotatable bonds is 6. The maximum atomic E-state index is 13.8. The van der Waals surface area contributed by atoms with E-state index in [1.165, 1.54) is 0 Å². The molecule has 0 amide bonds. The lowest BCUT2D eigenvalue weighted by Gasteiger charge is -2.35. The number of Topliss-reactive ketones (excluding diaryl/α,β-unsaturated/α-hetero) is 1. The summed E-state index contributed by atoms with van der Waals surface area (Å²) in [5.41, 5.74) is 4.97. The van der Waals surface area contributed by atoms with Gasteiger partial charge in [-0.3, -0.25) is 4.79 Å². The fourth-order valence-corrected chi connectivity index (χ4v) is 5.19. The first-order valence-electron chi connectivity index (χ1n) is 11.4. The molecule has 0 bridgehead atoms. The maximum Gasteiger partial charge on any atom is 0.233 e. The standard InChI is InChI=1S/C27H28N2O6/c1-14-24-25(18-13-17(31-2)7-9-21(18)32-3)26-19(28-27(24)35-29-14)10-16(11-20(26)30)15-6-8-22(33-4)23(12-15)34-5/h6-9,12-13,16,25,28H,10-11H2,1-5H3/t16-,25+/m1/s1. The van der Waals surface area contributed by atoms with Crippen molar-refractivity contribution in [1.82, 2.24) is 5.16 Å². The van der Waals surface area contributed by atoms with E-state index in [2.05, 4.69) is 10.5 Å². The zero-order valence-electron chi connectivity index (χ0n) is 20.4. The molecule has 5 rings (SSSR count). The minimum atomic E-state index is -0.378. The van der Waals surface area contributed by atoms with Crippen LogP contribution in [0.5, 0.6) is 23.0 Å². The van der Waals surface area contributed by atoms with Crippen molar-refractivity contribution in [3.8, 4) is 23.0 Å². The number of hydrogen-bond donors (Lipinski definition) is 1. The van der Waals surface area contributed by atoms with Crippen LogP contribution in [0.2, 0.25) is 0 Å². The average Bonchev–Trinajstić information content (AvgIpc) is 3.26. The Morgan fingerprint density at radius 1 is 0.914 bits per heavy atom. The lowest BCUT2D eigenvalue weighted by Crippen LogP contribution is -2.29. The summed E-state index contributed by atoms with van der Waals surface area (Å²) >= 11 is 0. The molecule has 8 nitrogen and oxygen atoms in total. The molecule has 0 radical (unpaired) electrons. The van der Waals surface area contributed by atoms with Crippen molar-refractivity contribution >= 4 is 11.7 Å². The van der Waals surface area contributed by atoms with Crippen LogP contribution in [0.1, 0.15) is 47.1 Å². The van der Waals surface area contributed by atoms with Crippen LogP contribution >= 0.6 is 0 Å². The second-order valence-corrected chi connectivity index (χ2v) is 8.71. The van der Waals surface area contributed by atoms with Gasteiger partial charge < -0.3 is 28.8 Å². The van der Waals surface area contributed by atoms with E-state index in [0.717, 1.165) is 28.1 Å². The first kappa shape index (κ1) is 22.8. The van der Waals surface area contributed by atoms with Gasteiger partial charge in [0, 0.05) is 23.3 Å². The van der Waals surface area contributed by atoms with Gasteiger partial charge in [0.2, 0.25) is 5.88 Å². The minimum Gasteiger partial charge on any atom is -0.497 e. The third-order valence-electron chi connectivity index (χ3n) is 6.88. The summed E-state index contributed by atoms with van der Waals surface area (Å²) in [6.07, 6.45) is 1.01. The third kappa shape index (κ3) is 3.79. The molecule has 0 fully saturated rings. The Labute approximate surface area is 203 Å². The summed E-state index contributed by atoms with van der Waals surface area (Å²) in [6, 6.07) is 11.4. The molecule has 0 saturated heterocycles. The lowest BCUT2D eigenvalue weighted by atomic mass is 9.72. The Bertz CT molecular complexity index is 1330. The van der Waals surface area contributed by atoms with Crippen LogP contribution in [0, 0.1) is 6.92 Å². The molecule has 182 valence electrons. The van der Waals surface area contributed by atoms with Gasteiger partial charge in [-0.15, -0.1) is 0 Å². The SMILES string of the molecule is COc1ccc(OC)c([C@@H]2C3=C(C[C@@H](c4ccc(OC)c(OC)c4)CC3=O)Nc3onc(C)c32)c1. The first-order chi connectivity index (χ1) is 17.0. The highest BCUT2D eigenvalue weighted by molar-refractivity contribution is 6.01. The Morgan fingerprint density at radius 3 is 2.37 bits per heavy atom. The summed E-state index contributed by atoms with van der Waals surface area (Å²) in [5, 5.41) is 7.56. The fraction of sp³-hybridized carbons (Fsp3) is 0.333. The van der Waals surface area contributed by atoms with E-state index >= 15 is 0 Å². The summed E-state index contributed by atoms with van der Waals surface area (Å²) in [6.45, 7) is 1.88. The van der Waals surface area contributed by atoms with Gasteiger partial charge in [-0.05, 0) is 55.2 Å². The number of allylic oxidation sites excluding steroid dienone is 2. The number of benzene rings is 2. The average molecular weight is 477 g/mol. The molecule has 1 aromatic heterocycles. The van der Waals surface area contributed by atoms with E-state index in [1.54, 1.807) is 28.4 Å². The number of carbonyl (C=O) groups is 1. The van der Waals surface area contributed by atoms with E-state index in [-0.39, 0.29) is 17.6 Å². The fourth-order valence-electron chi connectivity index (χ4n) is 5.19. The molecular formula is C27H28N2O6. The molecule has 2 atom stereocenters. The highest BCUT2D eigenvalue weighted by Crippen LogP contribution is 2.51. The molecule has 1 N–H and O–H groups in total. The normalized spacial score (nSPS) is 18.9. The molecule has 1 aliphatic heterocycles. The summed E-state index contributed by atoms with van der Waals surface area (Å²) in [5.74, 6) is 2.87. The number of nitrogens with zero attached hydrogens (tertiary/aromatic N) is 1. The van der Waals surface area contributed by atoms with Crippen molar-refractivity contribution in [2.45, 2.75) is 31.6 Å². The van der Waals surface area contributed by atoms with Gasteiger partial charge in [-0.2, -0.15) is 0 Å². The molecule has 35 heavy (non-hydrogen) atoms. The number of anilines is 1. The Morgan fingerprint density at radius 2 is 1.66 bits per heavy atom. The minimum absolute atomic E-state index is 0.0213. The van der Waals surface area contributed by atoms with E-state index in [9.17, 15) is 4.79 Å². The van der Waals surface area contributed by atoms with Gasteiger partial charge in [0.15, 0.2) is 17.3 Å².